The van der Waals surface area contributed by atoms with Gasteiger partial charge in [-0.3, -0.25) is 0 Å². The van der Waals surface area contributed by atoms with Gasteiger partial charge in [0.05, 0.1) is 18.8 Å². The van der Waals surface area contributed by atoms with Crippen molar-refractivity contribution in [2.24, 2.45) is 0 Å². The summed E-state index contributed by atoms with van der Waals surface area (Å²) in [7, 11) is 1.75. The molecule has 3 nitrogen and oxygen atoms in total. The fourth-order valence-electron chi connectivity index (χ4n) is 2.37. The van der Waals surface area contributed by atoms with Crippen LogP contribution in [0.5, 0.6) is 5.75 Å². The van der Waals surface area contributed by atoms with E-state index in [2.05, 4.69) is 37.4 Å². The number of fused-ring (bicyclic) bond motifs is 1. The van der Waals surface area contributed by atoms with Gasteiger partial charge >= 0.3 is 0 Å². The topological polar surface area (TPSA) is 30.5 Å². The van der Waals surface area contributed by atoms with Crippen molar-refractivity contribution in [1.82, 2.24) is 5.32 Å². The summed E-state index contributed by atoms with van der Waals surface area (Å²) >= 11 is 0. The molecule has 0 bridgehead atoms. The first kappa shape index (κ1) is 12.4. The molecule has 2 rings (SSSR count). The lowest BCUT2D eigenvalue weighted by Crippen LogP contribution is -2.31. The summed E-state index contributed by atoms with van der Waals surface area (Å²) in [6.07, 6.45) is 1.15. The van der Waals surface area contributed by atoms with Crippen LogP contribution in [0.4, 0.5) is 0 Å². The molecule has 3 heteroatoms. The zero-order chi connectivity index (χ0) is 12.3. The van der Waals surface area contributed by atoms with E-state index in [1.54, 1.807) is 7.11 Å². The molecule has 94 valence electrons. The summed E-state index contributed by atoms with van der Waals surface area (Å²) in [6, 6.07) is 6.58. The molecule has 1 aliphatic heterocycles. The SMILES string of the molecule is CCNC(c1cccc2c1OCC2)C(C)OC. The van der Waals surface area contributed by atoms with Gasteiger partial charge in [-0.25, -0.2) is 0 Å². The predicted octanol–water partition coefficient (Wildman–Crippen LogP) is 2.31. The van der Waals surface area contributed by atoms with Crippen LogP contribution in [0.1, 0.15) is 31.0 Å². The predicted molar refractivity (Wildman–Crippen MR) is 68.5 cm³/mol. The number of nitrogens with one attached hydrogen (secondary N) is 1. The number of hydrogen-bond acceptors (Lipinski definition) is 3. The highest BCUT2D eigenvalue weighted by molar-refractivity contribution is 5.46. The Hall–Kier alpha value is -1.06. The van der Waals surface area contributed by atoms with Crippen molar-refractivity contribution >= 4 is 0 Å². The summed E-state index contributed by atoms with van der Waals surface area (Å²) in [5.74, 6) is 1.06. The first-order chi connectivity index (χ1) is 8.27. The van der Waals surface area contributed by atoms with Crippen molar-refractivity contribution in [1.29, 1.82) is 0 Å². The summed E-state index contributed by atoms with van der Waals surface area (Å²) in [5.41, 5.74) is 2.53. The third-order valence-corrected chi connectivity index (χ3v) is 3.35. The van der Waals surface area contributed by atoms with Crippen LogP contribution in [-0.2, 0) is 11.2 Å². The molecule has 0 aromatic heterocycles. The van der Waals surface area contributed by atoms with Gasteiger partial charge in [-0.05, 0) is 19.0 Å². The summed E-state index contributed by atoms with van der Waals surface area (Å²) in [5, 5.41) is 3.47. The number of likely N-dealkylation sites (N-methyl/N-ethyl adjacent to an activating group) is 1. The van der Waals surface area contributed by atoms with Gasteiger partial charge in [0.2, 0.25) is 0 Å². The molecule has 0 aliphatic carbocycles. The van der Waals surface area contributed by atoms with Crippen molar-refractivity contribution in [2.75, 3.05) is 20.3 Å². The molecule has 2 unspecified atom stereocenters. The van der Waals surface area contributed by atoms with Gasteiger partial charge < -0.3 is 14.8 Å². The normalized spacial score (nSPS) is 17.4. The highest BCUT2D eigenvalue weighted by Crippen LogP contribution is 2.35. The van der Waals surface area contributed by atoms with Crippen molar-refractivity contribution in [3.05, 3.63) is 29.3 Å². The minimum Gasteiger partial charge on any atom is -0.493 e. The van der Waals surface area contributed by atoms with Crippen LogP contribution in [0.2, 0.25) is 0 Å². The Bertz CT molecular complexity index is 378. The van der Waals surface area contributed by atoms with Crippen LogP contribution in [0.25, 0.3) is 0 Å². The van der Waals surface area contributed by atoms with Crippen molar-refractivity contribution < 1.29 is 9.47 Å². The minimum atomic E-state index is 0.130. The highest BCUT2D eigenvalue weighted by atomic mass is 16.5. The molecule has 1 heterocycles. The second kappa shape index (κ2) is 5.52. The van der Waals surface area contributed by atoms with Crippen LogP contribution in [0, 0.1) is 0 Å². The molecule has 1 aromatic carbocycles. The number of benzene rings is 1. The Morgan fingerprint density at radius 1 is 1.47 bits per heavy atom. The number of rotatable bonds is 5. The average molecular weight is 235 g/mol. The number of para-hydroxylation sites is 1. The van der Waals surface area contributed by atoms with Crippen LogP contribution >= 0.6 is 0 Å². The first-order valence-corrected chi connectivity index (χ1v) is 6.28. The largest absolute Gasteiger partial charge is 0.493 e. The molecule has 0 fully saturated rings. The van der Waals surface area contributed by atoms with E-state index >= 15 is 0 Å². The maximum absolute atomic E-state index is 5.76. The molecule has 17 heavy (non-hydrogen) atoms. The van der Waals surface area contributed by atoms with E-state index in [4.69, 9.17) is 9.47 Å². The lowest BCUT2D eigenvalue weighted by Gasteiger charge is -2.25. The molecule has 1 N–H and O–H groups in total. The highest BCUT2D eigenvalue weighted by Gasteiger charge is 2.25. The quantitative estimate of drug-likeness (QED) is 0.849. The first-order valence-electron chi connectivity index (χ1n) is 6.28. The third kappa shape index (κ3) is 2.45. The van der Waals surface area contributed by atoms with Gasteiger partial charge in [-0.1, -0.05) is 25.1 Å². The van der Waals surface area contributed by atoms with Crippen LogP contribution in [0.15, 0.2) is 18.2 Å². The Morgan fingerprint density at radius 2 is 2.29 bits per heavy atom. The van der Waals surface area contributed by atoms with Gasteiger partial charge in [-0.15, -0.1) is 0 Å². The van der Waals surface area contributed by atoms with Gasteiger partial charge in [0.1, 0.15) is 5.75 Å². The fourth-order valence-corrected chi connectivity index (χ4v) is 2.37. The van der Waals surface area contributed by atoms with Crippen LogP contribution in [0.3, 0.4) is 0 Å². The Balaban J connectivity index is 2.32. The standard InChI is InChI=1S/C14H21NO2/c1-4-15-13(10(2)16-3)12-7-5-6-11-8-9-17-14(11)12/h5-7,10,13,15H,4,8-9H2,1-3H3. The monoisotopic (exact) mass is 235 g/mol. The Morgan fingerprint density at radius 3 is 3.00 bits per heavy atom. The van der Waals surface area contributed by atoms with Gasteiger partial charge in [0, 0.05) is 19.1 Å². The van der Waals surface area contributed by atoms with Crippen LogP contribution < -0.4 is 10.1 Å². The molecule has 0 saturated carbocycles. The lowest BCUT2D eigenvalue weighted by molar-refractivity contribution is 0.0826. The second-order valence-electron chi connectivity index (χ2n) is 4.41. The van der Waals surface area contributed by atoms with Crippen molar-refractivity contribution in [2.45, 2.75) is 32.4 Å². The maximum Gasteiger partial charge on any atom is 0.127 e. The van der Waals surface area contributed by atoms with Gasteiger partial charge in [0.25, 0.3) is 0 Å². The van der Waals surface area contributed by atoms with Crippen molar-refractivity contribution in [3.63, 3.8) is 0 Å². The molecular formula is C14H21NO2. The van der Waals surface area contributed by atoms with Gasteiger partial charge in [0.15, 0.2) is 0 Å². The van der Waals surface area contributed by atoms with E-state index < -0.39 is 0 Å². The van der Waals surface area contributed by atoms with Crippen LogP contribution in [-0.4, -0.2) is 26.4 Å². The summed E-state index contributed by atoms with van der Waals surface area (Å²) in [4.78, 5) is 0. The van der Waals surface area contributed by atoms with Gasteiger partial charge in [-0.2, -0.15) is 0 Å². The number of methoxy groups -OCH3 is 1. The zero-order valence-electron chi connectivity index (χ0n) is 10.8. The minimum absolute atomic E-state index is 0.130. The smallest absolute Gasteiger partial charge is 0.127 e. The third-order valence-electron chi connectivity index (χ3n) is 3.35. The molecule has 0 saturated heterocycles. The summed E-state index contributed by atoms with van der Waals surface area (Å²) < 4.78 is 11.2. The van der Waals surface area contributed by atoms with E-state index in [0.717, 1.165) is 25.3 Å². The molecule has 0 amide bonds. The number of hydrogen-bond donors (Lipinski definition) is 1. The fraction of sp³-hybridized carbons (Fsp3) is 0.571. The van der Waals surface area contributed by atoms with E-state index in [0.29, 0.717) is 0 Å². The molecule has 1 aromatic rings. The lowest BCUT2D eigenvalue weighted by atomic mass is 9.98. The van der Waals surface area contributed by atoms with E-state index in [1.165, 1.54) is 11.1 Å². The molecule has 2 atom stereocenters. The van der Waals surface area contributed by atoms with E-state index in [-0.39, 0.29) is 12.1 Å². The molecule has 0 spiro atoms. The number of ether oxygens (including phenoxy) is 2. The molecule has 0 radical (unpaired) electrons. The Kier molecular flexibility index (Phi) is 4.02. The van der Waals surface area contributed by atoms with E-state index in [1.807, 2.05) is 0 Å². The van der Waals surface area contributed by atoms with E-state index in [9.17, 15) is 0 Å². The maximum atomic E-state index is 5.76. The zero-order valence-corrected chi connectivity index (χ0v) is 10.8. The second-order valence-corrected chi connectivity index (χ2v) is 4.41. The summed E-state index contributed by atoms with van der Waals surface area (Å²) in [6.45, 7) is 5.91. The van der Waals surface area contributed by atoms with Crippen molar-refractivity contribution in [3.8, 4) is 5.75 Å². The molecular weight excluding hydrogens is 214 g/mol. The molecule has 1 aliphatic rings. The average Bonchev–Trinajstić information content (AvgIpc) is 2.83. The Labute approximate surface area is 103 Å².